The Kier molecular flexibility index (Phi) is 3.76. The molecule has 2 rings (SSSR count). The van der Waals surface area contributed by atoms with Crippen LogP contribution in [0.5, 0.6) is 0 Å². The summed E-state index contributed by atoms with van der Waals surface area (Å²) >= 11 is 1.55. The van der Waals surface area contributed by atoms with E-state index in [1.54, 1.807) is 16.7 Å². The SMILES string of the molecule is Cn1cccc1C1SCC(=O)N1C[C@H](O)CO. The summed E-state index contributed by atoms with van der Waals surface area (Å²) in [5.74, 6) is 0.433. The Morgan fingerprint density at radius 1 is 1.65 bits per heavy atom. The van der Waals surface area contributed by atoms with Crippen LogP contribution in [0.15, 0.2) is 18.3 Å². The molecule has 1 amide bonds. The van der Waals surface area contributed by atoms with Crippen molar-refractivity contribution in [2.45, 2.75) is 11.5 Å². The minimum atomic E-state index is -0.875. The van der Waals surface area contributed by atoms with Crippen LogP contribution in [0.25, 0.3) is 0 Å². The molecule has 1 aromatic heterocycles. The van der Waals surface area contributed by atoms with Crippen molar-refractivity contribution in [1.29, 1.82) is 0 Å². The minimum Gasteiger partial charge on any atom is -0.394 e. The highest BCUT2D eigenvalue weighted by Crippen LogP contribution is 2.38. The number of carbonyl (C=O) groups excluding carboxylic acids is 1. The highest BCUT2D eigenvalue weighted by atomic mass is 32.2. The number of amides is 1. The molecule has 94 valence electrons. The van der Waals surface area contributed by atoms with Gasteiger partial charge in [-0.25, -0.2) is 0 Å². The van der Waals surface area contributed by atoms with Gasteiger partial charge < -0.3 is 19.7 Å². The molecule has 0 saturated carbocycles. The van der Waals surface area contributed by atoms with E-state index < -0.39 is 6.10 Å². The number of aromatic nitrogens is 1. The van der Waals surface area contributed by atoms with Crippen LogP contribution in [-0.2, 0) is 11.8 Å². The number of aryl methyl sites for hydroxylation is 1. The minimum absolute atomic E-state index is 0.00806. The molecule has 0 aromatic carbocycles. The van der Waals surface area contributed by atoms with Gasteiger partial charge in [0.05, 0.1) is 30.7 Å². The van der Waals surface area contributed by atoms with Gasteiger partial charge in [0.1, 0.15) is 5.37 Å². The Morgan fingerprint density at radius 2 is 2.41 bits per heavy atom. The Bertz CT molecular complexity index is 407. The number of carbonyl (C=O) groups is 1. The molecule has 1 aliphatic rings. The molecule has 0 aliphatic carbocycles. The van der Waals surface area contributed by atoms with Crippen LogP contribution in [0, 0.1) is 0 Å². The van der Waals surface area contributed by atoms with E-state index in [1.807, 2.05) is 29.9 Å². The molecule has 2 atom stereocenters. The van der Waals surface area contributed by atoms with Crippen LogP contribution in [-0.4, -0.2) is 50.6 Å². The van der Waals surface area contributed by atoms with Crippen molar-refractivity contribution >= 4 is 17.7 Å². The molecule has 0 bridgehead atoms. The van der Waals surface area contributed by atoms with E-state index in [0.29, 0.717) is 5.75 Å². The standard InChI is InChI=1S/C11H16N2O3S/c1-12-4-2-3-9(12)11-13(5-8(15)6-14)10(16)7-17-11/h2-4,8,11,14-15H,5-7H2,1H3/t8-,11?/m0/s1. The molecule has 5 nitrogen and oxygen atoms in total. The predicted octanol–water partition coefficient (Wildman–Crippen LogP) is -0.0477. The smallest absolute Gasteiger partial charge is 0.233 e. The fraction of sp³-hybridized carbons (Fsp3) is 0.545. The third kappa shape index (κ3) is 2.48. The Hall–Kier alpha value is -0.980. The molecule has 1 saturated heterocycles. The third-order valence-corrected chi connectivity index (χ3v) is 4.05. The molecule has 1 fully saturated rings. The number of hydrogen-bond acceptors (Lipinski definition) is 4. The van der Waals surface area contributed by atoms with Crippen LogP contribution in [0.3, 0.4) is 0 Å². The average molecular weight is 256 g/mol. The summed E-state index contributed by atoms with van der Waals surface area (Å²) in [6.07, 6.45) is 1.06. The van der Waals surface area contributed by atoms with Crippen LogP contribution in [0.2, 0.25) is 0 Å². The molecule has 17 heavy (non-hydrogen) atoms. The first-order valence-corrected chi connectivity index (χ1v) is 6.49. The van der Waals surface area contributed by atoms with Gasteiger partial charge in [0.25, 0.3) is 0 Å². The van der Waals surface area contributed by atoms with Gasteiger partial charge >= 0.3 is 0 Å². The van der Waals surface area contributed by atoms with Crippen molar-refractivity contribution in [2.24, 2.45) is 7.05 Å². The molecule has 0 radical (unpaired) electrons. The molecule has 1 aliphatic heterocycles. The third-order valence-electron chi connectivity index (χ3n) is 2.82. The summed E-state index contributed by atoms with van der Waals surface area (Å²) in [7, 11) is 1.93. The van der Waals surface area contributed by atoms with E-state index in [9.17, 15) is 9.90 Å². The number of β-amino-alcohol motifs (C(OH)–C–C–N with tert-alkyl or cyclic N) is 1. The van der Waals surface area contributed by atoms with Gasteiger partial charge in [-0.2, -0.15) is 0 Å². The van der Waals surface area contributed by atoms with Gasteiger partial charge in [-0.15, -0.1) is 11.8 Å². The average Bonchev–Trinajstić information content (AvgIpc) is 2.87. The molecule has 6 heteroatoms. The number of aliphatic hydroxyl groups is 2. The zero-order chi connectivity index (χ0) is 12.4. The van der Waals surface area contributed by atoms with Crippen molar-refractivity contribution in [1.82, 2.24) is 9.47 Å². The lowest BCUT2D eigenvalue weighted by Crippen LogP contribution is -2.37. The van der Waals surface area contributed by atoms with E-state index in [1.165, 1.54) is 0 Å². The maximum atomic E-state index is 11.7. The number of nitrogens with zero attached hydrogens (tertiary/aromatic N) is 2. The maximum absolute atomic E-state index is 11.7. The number of aliphatic hydroxyl groups excluding tert-OH is 2. The highest BCUT2D eigenvalue weighted by molar-refractivity contribution is 8.00. The number of thioether (sulfide) groups is 1. The summed E-state index contributed by atoms with van der Waals surface area (Å²) in [5, 5.41) is 18.2. The van der Waals surface area contributed by atoms with Crippen LogP contribution >= 0.6 is 11.8 Å². The highest BCUT2D eigenvalue weighted by Gasteiger charge is 2.34. The largest absolute Gasteiger partial charge is 0.394 e. The second-order valence-electron chi connectivity index (χ2n) is 4.09. The van der Waals surface area contributed by atoms with Crippen LogP contribution < -0.4 is 0 Å². The lowest BCUT2D eigenvalue weighted by molar-refractivity contribution is -0.129. The lowest BCUT2D eigenvalue weighted by Gasteiger charge is -2.26. The molecular formula is C11H16N2O3S. The van der Waals surface area contributed by atoms with Gasteiger partial charge in [0.2, 0.25) is 5.91 Å². The van der Waals surface area contributed by atoms with Crippen molar-refractivity contribution in [3.8, 4) is 0 Å². The van der Waals surface area contributed by atoms with Gasteiger partial charge in [-0.05, 0) is 12.1 Å². The zero-order valence-corrected chi connectivity index (χ0v) is 10.4. The van der Waals surface area contributed by atoms with Crippen LogP contribution in [0.1, 0.15) is 11.1 Å². The topological polar surface area (TPSA) is 65.7 Å². The van der Waals surface area contributed by atoms with Crippen LogP contribution in [0.4, 0.5) is 0 Å². The van der Waals surface area contributed by atoms with Gasteiger partial charge in [0.15, 0.2) is 0 Å². The van der Waals surface area contributed by atoms with Gasteiger partial charge in [0, 0.05) is 13.2 Å². The molecule has 1 aromatic rings. The molecule has 2 heterocycles. The van der Waals surface area contributed by atoms with Gasteiger partial charge in [-0.1, -0.05) is 0 Å². The van der Waals surface area contributed by atoms with E-state index in [2.05, 4.69) is 0 Å². The molecule has 1 unspecified atom stereocenters. The Labute approximate surface area is 104 Å². The van der Waals surface area contributed by atoms with Gasteiger partial charge in [-0.3, -0.25) is 4.79 Å². The molecule has 0 spiro atoms. The number of hydrogen-bond donors (Lipinski definition) is 2. The fourth-order valence-corrected chi connectivity index (χ4v) is 3.18. The lowest BCUT2D eigenvalue weighted by atomic mass is 10.3. The molecular weight excluding hydrogens is 240 g/mol. The number of rotatable bonds is 4. The summed E-state index contributed by atoms with van der Waals surface area (Å²) in [4.78, 5) is 13.4. The Balaban J connectivity index is 2.16. The van der Waals surface area contributed by atoms with E-state index in [4.69, 9.17) is 5.11 Å². The van der Waals surface area contributed by atoms with E-state index in [-0.39, 0.29) is 24.4 Å². The summed E-state index contributed by atoms with van der Waals surface area (Å²) in [6.45, 7) is -0.146. The fourth-order valence-electron chi connectivity index (χ4n) is 1.91. The second kappa shape index (κ2) is 5.12. The zero-order valence-electron chi connectivity index (χ0n) is 9.61. The first-order valence-electron chi connectivity index (χ1n) is 5.44. The van der Waals surface area contributed by atoms with E-state index >= 15 is 0 Å². The Morgan fingerprint density at radius 3 is 3.00 bits per heavy atom. The van der Waals surface area contributed by atoms with Crippen molar-refractivity contribution in [3.05, 3.63) is 24.0 Å². The summed E-state index contributed by atoms with van der Waals surface area (Å²) in [6, 6.07) is 3.90. The van der Waals surface area contributed by atoms with E-state index in [0.717, 1.165) is 5.69 Å². The second-order valence-corrected chi connectivity index (χ2v) is 5.16. The summed E-state index contributed by atoms with van der Waals surface area (Å²) in [5.41, 5.74) is 1.03. The first kappa shape index (κ1) is 12.5. The van der Waals surface area contributed by atoms with Crippen molar-refractivity contribution < 1.29 is 15.0 Å². The van der Waals surface area contributed by atoms with Crippen molar-refractivity contribution in [3.63, 3.8) is 0 Å². The molecule has 2 N–H and O–H groups in total. The first-order chi connectivity index (χ1) is 8.13. The normalized spacial score (nSPS) is 22.2. The monoisotopic (exact) mass is 256 g/mol. The predicted molar refractivity (Wildman–Crippen MR) is 65.4 cm³/mol. The summed E-state index contributed by atoms with van der Waals surface area (Å²) < 4.78 is 1.97. The maximum Gasteiger partial charge on any atom is 0.233 e. The quantitative estimate of drug-likeness (QED) is 0.793. The van der Waals surface area contributed by atoms with Crippen molar-refractivity contribution in [2.75, 3.05) is 18.9 Å².